The summed E-state index contributed by atoms with van der Waals surface area (Å²) in [5.74, 6) is 1.57. The number of amides is 1. The van der Waals surface area contributed by atoms with Gasteiger partial charge in [0, 0.05) is 29.1 Å². The molecule has 1 aliphatic heterocycles. The number of piperidine rings is 1. The highest BCUT2D eigenvalue weighted by Gasteiger charge is 2.44. The second kappa shape index (κ2) is 8.39. The van der Waals surface area contributed by atoms with Crippen LogP contribution in [0.4, 0.5) is 0 Å². The van der Waals surface area contributed by atoms with Crippen molar-refractivity contribution in [1.82, 2.24) is 15.2 Å². The first-order valence-electron chi connectivity index (χ1n) is 11.4. The predicted octanol–water partition coefficient (Wildman–Crippen LogP) is 4.20. The van der Waals surface area contributed by atoms with Crippen LogP contribution in [0, 0.1) is 0 Å². The minimum Gasteiger partial charge on any atom is -0.497 e. The molecule has 0 radical (unpaired) electrons. The predicted molar refractivity (Wildman–Crippen MR) is 124 cm³/mol. The molecular formula is C26H31N3O2. The fourth-order valence-electron chi connectivity index (χ4n) is 5.03. The molecule has 2 aromatic carbocycles. The van der Waals surface area contributed by atoms with Crippen LogP contribution in [0.3, 0.4) is 0 Å². The summed E-state index contributed by atoms with van der Waals surface area (Å²) >= 11 is 0. The maximum atomic E-state index is 12.6. The number of benzene rings is 2. The van der Waals surface area contributed by atoms with E-state index in [0.717, 1.165) is 56.6 Å². The van der Waals surface area contributed by atoms with Gasteiger partial charge in [0.25, 0.3) is 0 Å². The topological polar surface area (TPSA) is 57.4 Å². The first-order valence-corrected chi connectivity index (χ1v) is 11.4. The van der Waals surface area contributed by atoms with Gasteiger partial charge in [-0.25, -0.2) is 0 Å². The summed E-state index contributed by atoms with van der Waals surface area (Å²) in [6.45, 7) is 3.17. The smallest absolute Gasteiger partial charge is 0.234 e. The Morgan fingerprint density at radius 2 is 1.94 bits per heavy atom. The lowest BCUT2D eigenvalue weighted by Gasteiger charge is -2.31. The molecule has 1 aromatic heterocycles. The third kappa shape index (κ3) is 4.19. The van der Waals surface area contributed by atoms with Crippen LogP contribution in [0.25, 0.3) is 10.9 Å². The molecule has 1 amide bonds. The van der Waals surface area contributed by atoms with Gasteiger partial charge in [0.15, 0.2) is 0 Å². The van der Waals surface area contributed by atoms with E-state index in [1.54, 1.807) is 7.11 Å². The molecule has 5 nitrogen and oxygen atoms in total. The molecule has 5 rings (SSSR count). The number of aromatic amines is 1. The van der Waals surface area contributed by atoms with Gasteiger partial charge in [-0.2, -0.15) is 0 Å². The van der Waals surface area contributed by atoms with Crippen molar-refractivity contribution in [1.29, 1.82) is 0 Å². The average Bonchev–Trinajstić information content (AvgIpc) is 3.50. The molecule has 0 spiro atoms. The van der Waals surface area contributed by atoms with Crippen LogP contribution in [0.2, 0.25) is 0 Å². The fourth-order valence-corrected chi connectivity index (χ4v) is 5.03. The maximum absolute atomic E-state index is 12.6. The van der Waals surface area contributed by atoms with Gasteiger partial charge in [-0.15, -0.1) is 0 Å². The van der Waals surface area contributed by atoms with Crippen molar-refractivity contribution >= 4 is 16.8 Å². The molecule has 2 N–H and O–H groups in total. The number of aromatic nitrogens is 1. The van der Waals surface area contributed by atoms with Crippen molar-refractivity contribution in [3.8, 4) is 5.75 Å². The minimum absolute atomic E-state index is 0.150. The van der Waals surface area contributed by atoms with E-state index >= 15 is 0 Å². The molecule has 2 heterocycles. The molecular weight excluding hydrogens is 386 g/mol. The number of fused-ring (bicyclic) bond motifs is 1. The minimum atomic E-state index is 0.150. The number of rotatable bonds is 7. The van der Waals surface area contributed by atoms with E-state index in [2.05, 4.69) is 63.9 Å². The molecule has 0 unspecified atom stereocenters. The molecule has 2 fully saturated rings. The molecule has 3 aromatic rings. The van der Waals surface area contributed by atoms with E-state index in [-0.39, 0.29) is 11.3 Å². The van der Waals surface area contributed by atoms with Crippen LogP contribution in [0.15, 0.2) is 54.7 Å². The highest BCUT2D eigenvalue weighted by molar-refractivity contribution is 5.85. The largest absolute Gasteiger partial charge is 0.497 e. The standard InChI is InChI=1S/C26H31N3O2/c1-31-21-7-8-24-22(15-21)23(16-27-24)19-9-13-29(14-10-19)17-25(30)28-18-26(11-12-26)20-5-3-2-4-6-20/h2-8,15-16,19,27H,9-14,17-18H2,1H3,(H,28,30). The summed E-state index contributed by atoms with van der Waals surface area (Å²) in [6, 6.07) is 16.8. The van der Waals surface area contributed by atoms with Gasteiger partial charge in [0.1, 0.15) is 5.75 Å². The zero-order valence-electron chi connectivity index (χ0n) is 18.2. The van der Waals surface area contributed by atoms with Gasteiger partial charge in [-0.1, -0.05) is 30.3 Å². The van der Waals surface area contributed by atoms with E-state index in [0.29, 0.717) is 12.5 Å². The Kier molecular flexibility index (Phi) is 5.45. The first-order chi connectivity index (χ1) is 15.2. The summed E-state index contributed by atoms with van der Waals surface area (Å²) < 4.78 is 5.41. The summed E-state index contributed by atoms with van der Waals surface area (Å²) in [4.78, 5) is 18.3. The van der Waals surface area contributed by atoms with Crippen LogP contribution in [0.1, 0.15) is 42.7 Å². The Morgan fingerprint density at radius 1 is 1.16 bits per heavy atom. The molecule has 31 heavy (non-hydrogen) atoms. The highest BCUT2D eigenvalue weighted by atomic mass is 16.5. The summed E-state index contributed by atoms with van der Waals surface area (Å²) in [5.41, 5.74) is 4.05. The van der Waals surface area contributed by atoms with Gasteiger partial charge in [-0.3, -0.25) is 9.69 Å². The monoisotopic (exact) mass is 417 g/mol. The molecule has 5 heteroatoms. The summed E-state index contributed by atoms with van der Waals surface area (Å²) in [7, 11) is 1.71. The zero-order valence-corrected chi connectivity index (χ0v) is 18.2. The molecule has 0 bridgehead atoms. The van der Waals surface area contributed by atoms with E-state index in [9.17, 15) is 4.79 Å². The summed E-state index contributed by atoms with van der Waals surface area (Å²) in [6.07, 6.45) is 6.63. The number of carbonyl (C=O) groups excluding carboxylic acids is 1. The molecule has 1 aliphatic carbocycles. The third-order valence-corrected chi connectivity index (χ3v) is 7.18. The van der Waals surface area contributed by atoms with Crippen LogP contribution in [-0.2, 0) is 10.2 Å². The van der Waals surface area contributed by atoms with Gasteiger partial charge in [0.05, 0.1) is 13.7 Å². The van der Waals surface area contributed by atoms with E-state index in [1.807, 2.05) is 6.07 Å². The second-order valence-corrected chi connectivity index (χ2v) is 9.13. The number of carbonyl (C=O) groups is 1. The Hall–Kier alpha value is -2.79. The van der Waals surface area contributed by atoms with Crippen molar-refractivity contribution in [2.45, 2.75) is 37.0 Å². The number of nitrogens with one attached hydrogen (secondary N) is 2. The number of likely N-dealkylation sites (tertiary alicyclic amines) is 1. The van der Waals surface area contributed by atoms with Crippen molar-refractivity contribution in [2.24, 2.45) is 0 Å². The van der Waals surface area contributed by atoms with E-state index in [1.165, 1.54) is 16.5 Å². The normalized spacial score (nSPS) is 18.7. The van der Waals surface area contributed by atoms with Gasteiger partial charge in [0.2, 0.25) is 5.91 Å². The Balaban J connectivity index is 1.13. The molecule has 1 saturated carbocycles. The Bertz CT molecular complexity index is 1050. The number of methoxy groups -OCH3 is 1. The zero-order chi connectivity index (χ0) is 21.3. The molecule has 1 saturated heterocycles. The third-order valence-electron chi connectivity index (χ3n) is 7.18. The lowest BCUT2D eigenvalue weighted by molar-refractivity contribution is -0.122. The van der Waals surface area contributed by atoms with Crippen molar-refractivity contribution in [3.05, 3.63) is 65.9 Å². The molecule has 0 atom stereocenters. The fraction of sp³-hybridized carbons (Fsp3) is 0.423. The molecule has 162 valence electrons. The van der Waals surface area contributed by atoms with Crippen molar-refractivity contribution in [2.75, 3.05) is 33.3 Å². The lowest BCUT2D eigenvalue weighted by Crippen LogP contribution is -2.43. The second-order valence-electron chi connectivity index (χ2n) is 9.13. The number of hydrogen-bond acceptors (Lipinski definition) is 3. The van der Waals surface area contributed by atoms with Crippen LogP contribution >= 0.6 is 0 Å². The van der Waals surface area contributed by atoms with E-state index in [4.69, 9.17) is 4.74 Å². The number of H-pyrrole nitrogens is 1. The quantitative estimate of drug-likeness (QED) is 0.606. The van der Waals surface area contributed by atoms with Crippen molar-refractivity contribution < 1.29 is 9.53 Å². The van der Waals surface area contributed by atoms with Crippen LogP contribution < -0.4 is 10.1 Å². The number of ether oxygens (including phenoxy) is 1. The number of hydrogen-bond donors (Lipinski definition) is 2. The highest BCUT2D eigenvalue weighted by Crippen LogP contribution is 2.47. The molecule has 2 aliphatic rings. The average molecular weight is 418 g/mol. The SMILES string of the molecule is COc1ccc2[nH]cc(C3CCN(CC(=O)NCC4(c5ccccc5)CC4)CC3)c2c1. The summed E-state index contributed by atoms with van der Waals surface area (Å²) in [5, 5.41) is 4.46. The lowest BCUT2D eigenvalue weighted by atomic mass is 9.89. The van der Waals surface area contributed by atoms with Crippen LogP contribution in [0.5, 0.6) is 5.75 Å². The van der Waals surface area contributed by atoms with Crippen LogP contribution in [-0.4, -0.2) is 49.1 Å². The maximum Gasteiger partial charge on any atom is 0.234 e. The van der Waals surface area contributed by atoms with Crippen molar-refractivity contribution in [3.63, 3.8) is 0 Å². The van der Waals surface area contributed by atoms with E-state index < -0.39 is 0 Å². The number of nitrogens with zero attached hydrogens (tertiary/aromatic N) is 1. The first kappa shape index (κ1) is 20.1. The van der Waals surface area contributed by atoms with Gasteiger partial charge < -0.3 is 15.0 Å². The van der Waals surface area contributed by atoms with Gasteiger partial charge >= 0.3 is 0 Å². The Labute approximate surface area is 183 Å². The Morgan fingerprint density at radius 3 is 2.65 bits per heavy atom. The van der Waals surface area contributed by atoms with Gasteiger partial charge in [-0.05, 0) is 74.0 Å².